The van der Waals surface area contributed by atoms with Crippen LogP contribution in [-0.4, -0.2) is 53.7 Å². The van der Waals surface area contributed by atoms with Gasteiger partial charge in [0.1, 0.15) is 11.6 Å². The average Bonchev–Trinajstić information content (AvgIpc) is 3.46. The van der Waals surface area contributed by atoms with Gasteiger partial charge in [-0.3, -0.25) is 4.99 Å². The topological polar surface area (TPSA) is 76.4 Å². The molecule has 0 saturated heterocycles. The number of rotatable bonds is 11. The first-order valence-electron chi connectivity index (χ1n) is 11.4. The SMILES string of the molecule is CCNC(=NCCCc1nnc(SC)n1C1CCCC1)NCCc1ccc(OC)cc1. The minimum absolute atomic E-state index is 0.577. The summed E-state index contributed by atoms with van der Waals surface area (Å²) in [6, 6.07) is 8.79. The van der Waals surface area contributed by atoms with Gasteiger partial charge in [-0.2, -0.15) is 0 Å². The van der Waals surface area contributed by atoms with Gasteiger partial charge in [0.25, 0.3) is 0 Å². The minimum Gasteiger partial charge on any atom is -0.497 e. The molecule has 0 unspecified atom stereocenters. The first-order valence-corrected chi connectivity index (χ1v) is 12.6. The number of methoxy groups -OCH3 is 1. The maximum absolute atomic E-state index is 5.22. The predicted octanol–water partition coefficient (Wildman–Crippen LogP) is 3.85. The molecule has 8 heteroatoms. The largest absolute Gasteiger partial charge is 0.497 e. The van der Waals surface area contributed by atoms with Crippen molar-refractivity contribution in [3.8, 4) is 5.75 Å². The van der Waals surface area contributed by atoms with Gasteiger partial charge in [-0.15, -0.1) is 10.2 Å². The Labute approximate surface area is 190 Å². The lowest BCUT2D eigenvalue weighted by atomic mass is 10.1. The molecule has 7 nitrogen and oxygen atoms in total. The lowest BCUT2D eigenvalue weighted by molar-refractivity contribution is 0.414. The molecule has 1 aromatic carbocycles. The van der Waals surface area contributed by atoms with Gasteiger partial charge in [0.15, 0.2) is 11.1 Å². The van der Waals surface area contributed by atoms with Crippen LogP contribution >= 0.6 is 11.8 Å². The molecule has 0 amide bonds. The molecule has 1 heterocycles. The number of hydrogen-bond acceptors (Lipinski definition) is 5. The number of nitrogens with one attached hydrogen (secondary N) is 2. The molecule has 0 radical (unpaired) electrons. The third-order valence-electron chi connectivity index (χ3n) is 5.65. The molecule has 1 aliphatic rings. The van der Waals surface area contributed by atoms with E-state index in [1.54, 1.807) is 18.9 Å². The number of hydrogen-bond donors (Lipinski definition) is 2. The normalized spacial score (nSPS) is 14.7. The van der Waals surface area contributed by atoms with Crippen LogP contribution in [0.15, 0.2) is 34.4 Å². The van der Waals surface area contributed by atoms with E-state index in [-0.39, 0.29) is 0 Å². The number of aryl methyl sites for hydroxylation is 1. The van der Waals surface area contributed by atoms with E-state index < -0.39 is 0 Å². The Kier molecular flexibility index (Phi) is 9.52. The molecule has 170 valence electrons. The second-order valence-electron chi connectivity index (χ2n) is 7.80. The lowest BCUT2D eigenvalue weighted by Crippen LogP contribution is -2.38. The summed E-state index contributed by atoms with van der Waals surface area (Å²) < 4.78 is 7.61. The average molecular weight is 445 g/mol. The van der Waals surface area contributed by atoms with Crippen molar-refractivity contribution in [2.24, 2.45) is 4.99 Å². The van der Waals surface area contributed by atoms with Crippen molar-refractivity contribution >= 4 is 17.7 Å². The van der Waals surface area contributed by atoms with E-state index >= 15 is 0 Å². The summed E-state index contributed by atoms with van der Waals surface area (Å²) in [5.41, 5.74) is 1.28. The van der Waals surface area contributed by atoms with E-state index in [0.717, 1.165) is 61.6 Å². The number of aromatic nitrogens is 3. The van der Waals surface area contributed by atoms with Crippen LogP contribution in [0.1, 0.15) is 56.5 Å². The van der Waals surface area contributed by atoms with Gasteiger partial charge in [0.05, 0.1) is 7.11 Å². The molecule has 2 aromatic rings. The summed E-state index contributed by atoms with van der Waals surface area (Å²) in [6.07, 6.45) is 10.0. The van der Waals surface area contributed by atoms with E-state index in [1.807, 2.05) is 12.1 Å². The fourth-order valence-corrected chi connectivity index (χ4v) is 4.61. The van der Waals surface area contributed by atoms with Crippen LogP contribution in [0.4, 0.5) is 0 Å². The molecule has 2 N–H and O–H groups in total. The van der Waals surface area contributed by atoms with Gasteiger partial charge in [0, 0.05) is 32.1 Å². The lowest BCUT2D eigenvalue weighted by Gasteiger charge is -2.16. The van der Waals surface area contributed by atoms with Crippen LogP contribution in [-0.2, 0) is 12.8 Å². The van der Waals surface area contributed by atoms with Gasteiger partial charge in [-0.25, -0.2) is 0 Å². The molecule has 1 aliphatic carbocycles. The van der Waals surface area contributed by atoms with Crippen LogP contribution in [0, 0.1) is 0 Å². The smallest absolute Gasteiger partial charge is 0.191 e. The Hall–Kier alpha value is -2.22. The van der Waals surface area contributed by atoms with Crippen molar-refractivity contribution in [1.29, 1.82) is 0 Å². The van der Waals surface area contributed by atoms with E-state index in [1.165, 1.54) is 31.2 Å². The summed E-state index contributed by atoms with van der Waals surface area (Å²) in [7, 11) is 1.69. The number of nitrogens with zero attached hydrogens (tertiary/aromatic N) is 4. The number of thioether (sulfide) groups is 1. The molecule has 1 saturated carbocycles. The molecular weight excluding hydrogens is 408 g/mol. The van der Waals surface area contributed by atoms with Crippen molar-refractivity contribution in [3.63, 3.8) is 0 Å². The standard InChI is InChI=1S/C23H36N6OS/c1-4-24-22(26-17-15-18-11-13-20(30-2)14-12-18)25-16-7-10-21-27-28-23(31-3)29(21)19-8-5-6-9-19/h11-14,19H,4-10,15-17H2,1-3H3,(H2,24,25,26). The predicted molar refractivity (Wildman–Crippen MR) is 128 cm³/mol. The number of ether oxygens (including phenoxy) is 1. The maximum atomic E-state index is 5.22. The van der Waals surface area contributed by atoms with Crippen molar-refractivity contribution in [3.05, 3.63) is 35.7 Å². The van der Waals surface area contributed by atoms with E-state index in [2.05, 4.69) is 50.7 Å². The zero-order chi connectivity index (χ0) is 21.9. The maximum Gasteiger partial charge on any atom is 0.191 e. The molecule has 0 spiro atoms. The zero-order valence-electron chi connectivity index (χ0n) is 19.1. The minimum atomic E-state index is 0.577. The summed E-state index contributed by atoms with van der Waals surface area (Å²) in [5.74, 6) is 2.88. The fourth-order valence-electron chi connectivity index (χ4n) is 4.03. The quantitative estimate of drug-likeness (QED) is 0.237. The Morgan fingerprint density at radius 3 is 2.61 bits per heavy atom. The number of benzene rings is 1. The molecular formula is C23H36N6OS. The molecule has 0 atom stereocenters. The number of aliphatic imine (C=N–C) groups is 1. The fraction of sp³-hybridized carbons (Fsp3) is 0.609. The van der Waals surface area contributed by atoms with Gasteiger partial charge in [0.2, 0.25) is 0 Å². The van der Waals surface area contributed by atoms with Gasteiger partial charge >= 0.3 is 0 Å². The van der Waals surface area contributed by atoms with Crippen molar-refractivity contribution in [2.75, 3.05) is 33.0 Å². The summed E-state index contributed by atoms with van der Waals surface area (Å²) >= 11 is 1.70. The first kappa shape index (κ1) is 23.4. The highest BCUT2D eigenvalue weighted by Gasteiger charge is 2.23. The van der Waals surface area contributed by atoms with Gasteiger partial charge in [-0.05, 0) is 56.6 Å². The molecule has 31 heavy (non-hydrogen) atoms. The molecule has 1 fully saturated rings. The highest BCUT2D eigenvalue weighted by atomic mass is 32.2. The van der Waals surface area contributed by atoms with E-state index in [4.69, 9.17) is 9.73 Å². The second-order valence-corrected chi connectivity index (χ2v) is 8.57. The zero-order valence-corrected chi connectivity index (χ0v) is 19.9. The monoisotopic (exact) mass is 444 g/mol. The molecule has 3 rings (SSSR count). The van der Waals surface area contributed by atoms with Crippen LogP contribution < -0.4 is 15.4 Å². The highest BCUT2D eigenvalue weighted by molar-refractivity contribution is 7.98. The van der Waals surface area contributed by atoms with Crippen molar-refractivity contribution in [2.45, 2.75) is 63.1 Å². The van der Waals surface area contributed by atoms with E-state index in [0.29, 0.717) is 6.04 Å². The van der Waals surface area contributed by atoms with Gasteiger partial charge < -0.3 is 19.9 Å². The Balaban J connectivity index is 1.47. The first-order chi connectivity index (χ1) is 15.2. The summed E-state index contributed by atoms with van der Waals surface area (Å²) in [4.78, 5) is 4.75. The summed E-state index contributed by atoms with van der Waals surface area (Å²) in [5, 5.41) is 16.7. The third kappa shape index (κ3) is 6.89. The van der Waals surface area contributed by atoms with Crippen molar-refractivity contribution < 1.29 is 4.74 Å². The van der Waals surface area contributed by atoms with Crippen LogP contribution in [0.2, 0.25) is 0 Å². The Bertz CT molecular complexity index is 814. The second kappa shape index (κ2) is 12.6. The Morgan fingerprint density at radius 1 is 1.16 bits per heavy atom. The molecule has 0 bridgehead atoms. The summed E-state index contributed by atoms with van der Waals surface area (Å²) in [6.45, 7) is 4.55. The van der Waals surface area contributed by atoms with Crippen molar-refractivity contribution in [1.82, 2.24) is 25.4 Å². The Morgan fingerprint density at radius 2 is 1.94 bits per heavy atom. The van der Waals surface area contributed by atoms with Crippen LogP contribution in [0.3, 0.4) is 0 Å². The highest BCUT2D eigenvalue weighted by Crippen LogP contribution is 2.33. The van der Waals surface area contributed by atoms with Gasteiger partial charge in [-0.1, -0.05) is 36.7 Å². The molecule has 1 aromatic heterocycles. The van der Waals surface area contributed by atoms with Crippen LogP contribution in [0.25, 0.3) is 0 Å². The third-order valence-corrected chi connectivity index (χ3v) is 6.29. The molecule has 0 aliphatic heterocycles. The van der Waals surface area contributed by atoms with Crippen LogP contribution in [0.5, 0.6) is 5.75 Å². The number of guanidine groups is 1. The van der Waals surface area contributed by atoms with E-state index in [9.17, 15) is 0 Å².